The Balaban J connectivity index is 1.53. The van der Waals surface area contributed by atoms with E-state index in [0.29, 0.717) is 12.4 Å². The summed E-state index contributed by atoms with van der Waals surface area (Å²) in [5.41, 5.74) is -2.30. The van der Waals surface area contributed by atoms with Crippen LogP contribution in [0.4, 0.5) is 42.4 Å². The number of carbonyl (C=O) groups excluding carboxylic acids is 1. The third-order valence-electron chi connectivity index (χ3n) is 5.24. The van der Waals surface area contributed by atoms with Crippen LogP contribution in [-0.2, 0) is 22.0 Å². The maximum atomic E-state index is 14.6. The van der Waals surface area contributed by atoms with E-state index in [9.17, 15) is 40.3 Å². The Bertz CT molecular complexity index is 1230. The van der Waals surface area contributed by atoms with Crippen molar-refractivity contribution in [2.75, 3.05) is 29.9 Å². The highest BCUT2D eigenvalue weighted by Gasteiger charge is 2.38. The number of hydrogen-bond acceptors (Lipinski definition) is 8. The van der Waals surface area contributed by atoms with Crippen molar-refractivity contribution in [2.45, 2.75) is 37.0 Å². The van der Waals surface area contributed by atoms with Gasteiger partial charge in [-0.15, -0.1) is 0 Å². The molecule has 1 saturated heterocycles. The van der Waals surface area contributed by atoms with Crippen molar-refractivity contribution in [1.82, 2.24) is 25.6 Å². The quantitative estimate of drug-likeness (QED) is 0.197. The number of H-pyrrole nitrogens is 1. The molecule has 1 unspecified atom stereocenters. The first-order chi connectivity index (χ1) is 17.6. The number of anilines is 2. The summed E-state index contributed by atoms with van der Waals surface area (Å²) in [5.74, 6) is -0.913. The maximum absolute atomic E-state index is 14.6. The van der Waals surface area contributed by atoms with Gasteiger partial charge in [0.1, 0.15) is 11.7 Å². The lowest BCUT2D eigenvalue weighted by atomic mass is 10.0. The number of aromatic nitrogens is 4. The number of aromatic amines is 1. The number of rotatable bonds is 7. The molecule has 18 heteroatoms. The van der Waals surface area contributed by atoms with E-state index in [4.69, 9.17) is 4.84 Å². The maximum Gasteiger partial charge on any atom is 0.423 e. The molecule has 1 aliphatic heterocycles. The summed E-state index contributed by atoms with van der Waals surface area (Å²) in [5, 5.41) is 6.57. The van der Waals surface area contributed by atoms with E-state index in [0.717, 1.165) is 12.3 Å². The zero-order valence-corrected chi connectivity index (χ0v) is 21.9. The van der Waals surface area contributed by atoms with Gasteiger partial charge in [-0.05, 0) is 18.9 Å². The van der Waals surface area contributed by atoms with Gasteiger partial charge in [0.05, 0.1) is 30.6 Å². The molecule has 3 heterocycles. The largest absolute Gasteiger partial charge is 0.423 e. The van der Waals surface area contributed by atoms with Gasteiger partial charge in [0.25, 0.3) is 11.5 Å². The molecule has 1 amide bonds. The van der Waals surface area contributed by atoms with Gasteiger partial charge in [0.15, 0.2) is 0 Å². The van der Waals surface area contributed by atoms with Gasteiger partial charge >= 0.3 is 12.4 Å². The monoisotopic (exact) mass is 569 g/mol. The van der Waals surface area contributed by atoms with Crippen LogP contribution in [-0.4, -0.2) is 67.3 Å². The van der Waals surface area contributed by atoms with Crippen LogP contribution in [0.2, 0.25) is 0 Å². The number of halogens is 7. The van der Waals surface area contributed by atoms with Crippen LogP contribution < -0.4 is 21.3 Å². The van der Waals surface area contributed by atoms with Crippen LogP contribution in [0.25, 0.3) is 0 Å². The average Bonchev–Trinajstić information content (AvgIpc) is 2.78. The van der Waals surface area contributed by atoms with Crippen LogP contribution in [0.3, 0.4) is 0 Å². The number of hydroxylamine groups is 1. The lowest BCUT2D eigenvalue weighted by molar-refractivity contribution is -0.139. The third-order valence-corrected chi connectivity index (χ3v) is 5.78. The van der Waals surface area contributed by atoms with Crippen LogP contribution >= 0.6 is 0 Å². The highest BCUT2D eigenvalue weighted by Crippen LogP contribution is 2.32. The highest BCUT2D eigenvalue weighted by molar-refractivity contribution is 6.16. The minimum atomic E-state index is -4.94. The first kappa shape index (κ1) is 29.0. The van der Waals surface area contributed by atoms with E-state index >= 15 is 0 Å². The van der Waals surface area contributed by atoms with Gasteiger partial charge < -0.3 is 10.2 Å². The fourth-order valence-corrected chi connectivity index (χ4v) is 3.87. The third kappa shape index (κ3) is 7.50. The van der Waals surface area contributed by atoms with Crippen molar-refractivity contribution in [3.05, 3.63) is 51.7 Å². The molecule has 0 bridgehead atoms. The molecule has 1 aliphatic rings. The smallest absolute Gasteiger partial charge is 0.379 e. The Morgan fingerprint density at radius 3 is 2.45 bits per heavy atom. The first-order valence-corrected chi connectivity index (χ1v) is 11.9. The molecule has 0 aliphatic carbocycles. The Hall–Kier alpha value is -3.54. The molecular weight excluding hydrogens is 547 g/mol. The molecule has 38 heavy (non-hydrogen) atoms. The normalized spacial score (nSPS) is 19.3. The van der Waals surface area contributed by atoms with Gasteiger partial charge in [-0.3, -0.25) is 14.4 Å². The highest BCUT2D eigenvalue weighted by atomic mass is 28.1. The molecule has 1 fully saturated rings. The number of nitrogens with one attached hydrogen (secondary N) is 3. The number of alkyl halides is 7. The van der Waals surface area contributed by atoms with Gasteiger partial charge in [0, 0.05) is 40.4 Å². The van der Waals surface area contributed by atoms with E-state index in [1.54, 1.807) is 5.10 Å². The van der Waals surface area contributed by atoms with Gasteiger partial charge in [-0.2, -0.15) is 31.4 Å². The summed E-state index contributed by atoms with van der Waals surface area (Å²) in [6.07, 6.45) is -8.16. The van der Waals surface area contributed by atoms with Crippen molar-refractivity contribution in [3.8, 4) is 0 Å². The molecule has 0 aromatic carbocycles. The average molecular weight is 570 g/mol. The number of amides is 1. The number of piperidine rings is 1. The zero-order chi connectivity index (χ0) is 28.3. The summed E-state index contributed by atoms with van der Waals surface area (Å²) in [7, 11) is 0.213. The summed E-state index contributed by atoms with van der Waals surface area (Å²) >= 11 is 0. The second-order valence-corrected chi connectivity index (χ2v) is 11.1. The van der Waals surface area contributed by atoms with Crippen LogP contribution in [0, 0.1) is 0 Å². The molecule has 3 rings (SSSR count). The van der Waals surface area contributed by atoms with Crippen molar-refractivity contribution in [2.24, 2.45) is 0 Å². The topological polar surface area (TPSA) is 125 Å². The molecule has 208 valence electrons. The lowest BCUT2D eigenvalue weighted by Crippen LogP contribution is -2.44. The van der Waals surface area contributed by atoms with Crippen LogP contribution in [0.5, 0.6) is 0 Å². The second kappa shape index (κ2) is 11.1. The lowest BCUT2D eigenvalue weighted by Gasteiger charge is -2.31. The summed E-state index contributed by atoms with van der Waals surface area (Å²) in [6, 6.07) is 0. The summed E-state index contributed by atoms with van der Waals surface area (Å²) in [4.78, 5) is 37.5. The summed E-state index contributed by atoms with van der Waals surface area (Å²) in [6.45, 7) is 1.05. The van der Waals surface area contributed by atoms with Gasteiger partial charge in [-0.1, -0.05) is 0 Å². The molecule has 0 radical (unpaired) electrons. The molecule has 10 nitrogen and oxygen atoms in total. The number of carbonyl (C=O) groups is 1. The van der Waals surface area contributed by atoms with Gasteiger partial charge in [0.2, 0.25) is 5.95 Å². The van der Waals surface area contributed by atoms with Crippen molar-refractivity contribution in [1.29, 1.82) is 0 Å². The minimum absolute atomic E-state index is 0.0503. The molecule has 2 aromatic heterocycles. The Morgan fingerprint density at radius 2 is 1.87 bits per heavy atom. The Kier molecular flexibility index (Phi) is 8.44. The molecular formula is C20H22F7N7O3Si. The predicted molar refractivity (Wildman–Crippen MR) is 123 cm³/mol. The van der Waals surface area contributed by atoms with E-state index < -0.39 is 52.0 Å². The van der Waals surface area contributed by atoms with Crippen molar-refractivity contribution < 1.29 is 40.4 Å². The predicted octanol–water partition coefficient (Wildman–Crippen LogP) is 1.31. The Morgan fingerprint density at radius 1 is 1.21 bits per heavy atom. The number of nitrogens with zero attached hydrogens (tertiary/aromatic N) is 4. The van der Waals surface area contributed by atoms with E-state index in [2.05, 4.69) is 25.9 Å². The second-order valence-electron chi connectivity index (χ2n) is 8.90. The summed E-state index contributed by atoms with van der Waals surface area (Å²) < 4.78 is 92.3. The molecule has 0 spiro atoms. The van der Waals surface area contributed by atoms with Crippen LogP contribution in [0.1, 0.15) is 24.5 Å². The standard InChI is InChI=1S/C20H22F7N7O3Si/c1-18(38,31-13-7-30-32-16(36)15(13)20(25,26)27)9-37-33-14(35)4-10-2-3-34(8-12(10)21)17-28-5-11(6-29-17)19(22,23)24/h4-7,12H,2-3,8-9H2,1,38H3,(H,33,35)(H2,31,32,36)/b10-4+/t12?,18-/m0/s1. The van der Waals surface area contributed by atoms with Crippen molar-refractivity contribution >= 4 is 27.8 Å². The van der Waals surface area contributed by atoms with Crippen molar-refractivity contribution in [3.63, 3.8) is 0 Å². The SMILES string of the molecule is C[C@]([SiH3])(CONC(=O)/C=C1\CCN(c2ncc(C(F)(F)F)cn2)CC1F)Nc1cn[nH]c(=O)c1C(F)(F)F. The van der Waals surface area contributed by atoms with Crippen LogP contribution in [0.15, 0.2) is 35.0 Å². The Labute approximate surface area is 213 Å². The molecule has 3 N–H and O–H groups in total. The first-order valence-electron chi connectivity index (χ1n) is 10.9. The fourth-order valence-electron chi connectivity index (χ4n) is 3.46. The molecule has 2 atom stereocenters. The van der Waals surface area contributed by atoms with Gasteiger partial charge in [-0.25, -0.2) is 24.9 Å². The van der Waals surface area contributed by atoms with E-state index in [-0.39, 0.29) is 47.9 Å². The molecule has 0 saturated carbocycles. The number of hydrogen-bond donors (Lipinski definition) is 3. The van der Waals surface area contributed by atoms with E-state index in [1.165, 1.54) is 11.8 Å². The fraction of sp³-hybridized carbons (Fsp3) is 0.450. The minimum Gasteiger partial charge on any atom is -0.379 e. The van der Waals surface area contributed by atoms with E-state index in [1.807, 2.05) is 0 Å². The molecule has 2 aromatic rings. The zero-order valence-electron chi connectivity index (χ0n) is 19.9.